The lowest BCUT2D eigenvalue weighted by Gasteiger charge is -2.26. The number of methoxy groups -OCH3 is 2. The molecule has 0 saturated heterocycles. The van der Waals surface area contributed by atoms with Crippen molar-refractivity contribution in [2.75, 3.05) is 24.9 Å². The lowest BCUT2D eigenvalue weighted by Crippen LogP contribution is -2.49. The molecule has 0 heterocycles. The second-order valence-corrected chi connectivity index (χ2v) is 5.44. The summed E-state index contributed by atoms with van der Waals surface area (Å²) in [6, 6.07) is 5.22. The van der Waals surface area contributed by atoms with Crippen LogP contribution in [0.1, 0.15) is 17.3 Å². The highest BCUT2D eigenvalue weighted by atomic mass is 79.9. The van der Waals surface area contributed by atoms with Crippen molar-refractivity contribution in [1.29, 1.82) is 0 Å². The summed E-state index contributed by atoms with van der Waals surface area (Å²) in [5, 5.41) is 4.25. The van der Waals surface area contributed by atoms with E-state index >= 15 is 0 Å². The predicted molar refractivity (Wildman–Crippen MR) is 83.0 cm³/mol. The zero-order valence-electron chi connectivity index (χ0n) is 11.1. The first kappa shape index (κ1) is 16.3. The molecule has 0 spiro atoms. The third kappa shape index (κ3) is 3.86. The number of nitrogens with one attached hydrogen (secondary N) is 1. The molecule has 1 rings (SSSR count). The number of para-hydroxylation sites is 1. The molecule has 0 aliphatic heterocycles. The second kappa shape index (κ2) is 7.14. The van der Waals surface area contributed by atoms with Gasteiger partial charge >= 0.3 is 0 Å². The molecule has 1 N–H and O–H groups in total. The van der Waals surface area contributed by atoms with E-state index in [2.05, 4.69) is 37.2 Å². The Morgan fingerprint density at radius 3 is 2.37 bits per heavy atom. The Morgan fingerprint density at radius 1 is 1.26 bits per heavy atom. The molecule has 0 bridgehead atoms. The van der Waals surface area contributed by atoms with Crippen molar-refractivity contribution in [2.24, 2.45) is 0 Å². The summed E-state index contributed by atoms with van der Waals surface area (Å²) >= 11 is 6.79. The number of alkyl halides is 2. The van der Waals surface area contributed by atoms with Gasteiger partial charge in [0.15, 0.2) is 11.5 Å². The predicted octanol–water partition coefficient (Wildman–Crippen LogP) is 2.98. The maximum atomic E-state index is 12.3. The summed E-state index contributed by atoms with van der Waals surface area (Å²) in [6.45, 7) is 1.95. The van der Waals surface area contributed by atoms with E-state index in [9.17, 15) is 4.79 Å². The Hall–Kier alpha value is -0.750. The van der Waals surface area contributed by atoms with Crippen LogP contribution in [0, 0.1) is 0 Å². The van der Waals surface area contributed by atoms with Gasteiger partial charge in [-0.3, -0.25) is 4.79 Å². The molecule has 1 aromatic rings. The number of ether oxygens (including phenoxy) is 2. The Kier molecular flexibility index (Phi) is 6.13. The average Bonchev–Trinajstić information content (AvgIpc) is 2.45. The Labute approximate surface area is 130 Å². The SMILES string of the molecule is COc1cccc(C(=O)NC(C)(CBr)CBr)c1OC. The quantitative estimate of drug-likeness (QED) is 0.754. The molecule has 106 valence electrons. The van der Waals surface area contributed by atoms with Gasteiger partial charge in [0.1, 0.15) is 0 Å². The van der Waals surface area contributed by atoms with E-state index in [1.807, 2.05) is 6.92 Å². The first-order valence-corrected chi connectivity index (χ1v) is 7.91. The molecular weight excluding hydrogens is 378 g/mol. The minimum absolute atomic E-state index is 0.197. The van der Waals surface area contributed by atoms with Crippen molar-refractivity contribution >= 4 is 37.8 Å². The largest absolute Gasteiger partial charge is 0.493 e. The number of carbonyl (C=O) groups excluding carboxylic acids is 1. The summed E-state index contributed by atoms with van der Waals surface area (Å²) in [5.41, 5.74) is 0.0838. The maximum Gasteiger partial charge on any atom is 0.255 e. The molecule has 1 aromatic carbocycles. The lowest BCUT2D eigenvalue weighted by molar-refractivity contribution is 0.0919. The van der Waals surface area contributed by atoms with Gasteiger partial charge in [-0.2, -0.15) is 0 Å². The van der Waals surface area contributed by atoms with Crippen LogP contribution < -0.4 is 14.8 Å². The Morgan fingerprint density at radius 2 is 1.89 bits per heavy atom. The van der Waals surface area contributed by atoms with Crippen LogP contribution in [0.2, 0.25) is 0 Å². The monoisotopic (exact) mass is 393 g/mol. The molecule has 0 saturated carbocycles. The van der Waals surface area contributed by atoms with Crippen molar-refractivity contribution < 1.29 is 14.3 Å². The third-order valence-electron chi connectivity index (χ3n) is 2.65. The number of carbonyl (C=O) groups is 1. The normalized spacial score (nSPS) is 11.0. The van der Waals surface area contributed by atoms with E-state index in [4.69, 9.17) is 9.47 Å². The van der Waals surface area contributed by atoms with Crippen molar-refractivity contribution in [1.82, 2.24) is 5.32 Å². The van der Waals surface area contributed by atoms with Crippen LogP contribution in [0.3, 0.4) is 0 Å². The molecule has 1 amide bonds. The summed E-state index contributed by atoms with van der Waals surface area (Å²) in [7, 11) is 3.06. The van der Waals surface area contributed by atoms with Crippen LogP contribution in [-0.2, 0) is 0 Å². The van der Waals surface area contributed by atoms with Gasteiger partial charge in [-0.1, -0.05) is 37.9 Å². The minimum Gasteiger partial charge on any atom is -0.493 e. The third-order valence-corrected chi connectivity index (χ3v) is 5.13. The average molecular weight is 395 g/mol. The van der Waals surface area contributed by atoms with Crippen molar-refractivity contribution in [3.63, 3.8) is 0 Å². The van der Waals surface area contributed by atoms with E-state index < -0.39 is 0 Å². The number of halogens is 2. The molecule has 0 aromatic heterocycles. The highest BCUT2D eigenvalue weighted by Crippen LogP contribution is 2.31. The van der Waals surface area contributed by atoms with Crippen LogP contribution in [0.25, 0.3) is 0 Å². The van der Waals surface area contributed by atoms with E-state index in [0.717, 1.165) is 0 Å². The molecule has 6 heteroatoms. The van der Waals surface area contributed by atoms with Gasteiger partial charge in [-0.25, -0.2) is 0 Å². The molecule has 4 nitrogen and oxygen atoms in total. The van der Waals surface area contributed by atoms with Crippen LogP contribution >= 0.6 is 31.9 Å². The fourth-order valence-electron chi connectivity index (χ4n) is 1.51. The molecule has 0 unspecified atom stereocenters. The highest BCUT2D eigenvalue weighted by Gasteiger charge is 2.26. The fraction of sp³-hybridized carbons (Fsp3) is 0.462. The summed E-state index contributed by atoms with van der Waals surface area (Å²) < 4.78 is 10.4. The number of amides is 1. The van der Waals surface area contributed by atoms with Crippen molar-refractivity contribution in [2.45, 2.75) is 12.5 Å². The van der Waals surface area contributed by atoms with Gasteiger partial charge in [0, 0.05) is 10.7 Å². The van der Waals surface area contributed by atoms with E-state index in [1.165, 1.54) is 7.11 Å². The lowest BCUT2D eigenvalue weighted by atomic mass is 10.1. The molecule has 0 radical (unpaired) electrons. The van der Waals surface area contributed by atoms with E-state index in [0.29, 0.717) is 27.7 Å². The second-order valence-electron chi connectivity index (χ2n) is 4.32. The van der Waals surface area contributed by atoms with Crippen LogP contribution in [-0.4, -0.2) is 36.3 Å². The molecule has 0 aliphatic rings. The van der Waals surface area contributed by atoms with Crippen LogP contribution in [0.5, 0.6) is 11.5 Å². The highest BCUT2D eigenvalue weighted by molar-refractivity contribution is 9.09. The fourth-order valence-corrected chi connectivity index (χ4v) is 2.72. The smallest absolute Gasteiger partial charge is 0.255 e. The standard InChI is InChI=1S/C13H17Br2NO3/c1-13(7-14,8-15)16-12(17)9-5-4-6-10(18-2)11(9)19-3/h4-6H,7-8H2,1-3H3,(H,16,17). The maximum absolute atomic E-state index is 12.3. The number of hydrogen-bond donors (Lipinski definition) is 1. The van der Waals surface area contributed by atoms with E-state index in [-0.39, 0.29) is 11.4 Å². The van der Waals surface area contributed by atoms with Crippen molar-refractivity contribution in [3.05, 3.63) is 23.8 Å². The van der Waals surface area contributed by atoms with Gasteiger partial charge in [0.2, 0.25) is 0 Å². The Balaban J connectivity index is 3.06. The van der Waals surface area contributed by atoms with Gasteiger partial charge in [0.25, 0.3) is 5.91 Å². The zero-order chi connectivity index (χ0) is 14.5. The topological polar surface area (TPSA) is 47.6 Å². The van der Waals surface area contributed by atoms with E-state index in [1.54, 1.807) is 25.3 Å². The van der Waals surface area contributed by atoms with Gasteiger partial charge in [0.05, 0.1) is 25.3 Å². The first-order valence-electron chi connectivity index (χ1n) is 5.66. The van der Waals surface area contributed by atoms with Crippen LogP contribution in [0.15, 0.2) is 18.2 Å². The number of rotatable bonds is 6. The van der Waals surface area contributed by atoms with Crippen molar-refractivity contribution in [3.8, 4) is 11.5 Å². The summed E-state index contributed by atoms with van der Waals surface area (Å²) in [5.74, 6) is 0.778. The zero-order valence-corrected chi connectivity index (χ0v) is 14.3. The number of hydrogen-bond acceptors (Lipinski definition) is 3. The molecular formula is C13H17Br2NO3. The summed E-state index contributed by atoms with van der Waals surface area (Å²) in [4.78, 5) is 12.3. The minimum atomic E-state index is -0.370. The molecule has 0 aliphatic carbocycles. The summed E-state index contributed by atoms with van der Waals surface area (Å²) in [6.07, 6.45) is 0. The van der Waals surface area contributed by atoms with Gasteiger partial charge in [-0.15, -0.1) is 0 Å². The molecule has 0 atom stereocenters. The Bertz CT molecular complexity index is 448. The van der Waals surface area contributed by atoms with Gasteiger partial charge < -0.3 is 14.8 Å². The van der Waals surface area contributed by atoms with Crippen LogP contribution in [0.4, 0.5) is 0 Å². The first-order chi connectivity index (χ1) is 9.01. The van der Waals surface area contributed by atoms with Gasteiger partial charge in [-0.05, 0) is 19.1 Å². The molecule has 0 fully saturated rings. The molecule has 19 heavy (non-hydrogen) atoms. The number of benzene rings is 1.